The maximum atomic E-state index is 12.0. The number of hydrogen-bond acceptors (Lipinski definition) is 4. The lowest BCUT2D eigenvalue weighted by molar-refractivity contribution is 0.0910. The predicted octanol–water partition coefficient (Wildman–Crippen LogP) is 1.16. The van der Waals surface area contributed by atoms with Crippen molar-refractivity contribution in [3.63, 3.8) is 0 Å². The summed E-state index contributed by atoms with van der Waals surface area (Å²) in [5, 5.41) is 8.70. The lowest BCUT2D eigenvalue weighted by Crippen LogP contribution is -2.41. The molecular weight excluding hydrogens is 226 g/mol. The van der Waals surface area contributed by atoms with E-state index in [-0.39, 0.29) is 11.8 Å². The Balaban J connectivity index is 1.93. The smallest absolute Gasteiger partial charge is 0.176 e. The van der Waals surface area contributed by atoms with Crippen molar-refractivity contribution in [1.29, 1.82) is 5.26 Å². The highest BCUT2D eigenvalue weighted by Crippen LogP contribution is 2.10. The lowest BCUT2D eigenvalue weighted by atomic mass is 10.0. The summed E-state index contributed by atoms with van der Waals surface area (Å²) in [5.41, 5.74) is 7.08. The molecule has 0 bridgehead atoms. The Hall–Kier alpha value is -1.70. The van der Waals surface area contributed by atoms with Crippen LogP contribution in [0.2, 0.25) is 0 Å². The van der Waals surface area contributed by atoms with E-state index in [1.54, 1.807) is 24.3 Å². The number of rotatable bonds is 3. The van der Waals surface area contributed by atoms with Gasteiger partial charge in [-0.3, -0.25) is 9.69 Å². The summed E-state index contributed by atoms with van der Waals surface area (Å²) in [6.45, 7) is 2.23. The van der Waals surface area contributed by atoms with Crippen molar-refractivity contribution >= 4 is 5.78 Å². The van der Waals surface area contributed by atoms with Gasteiger partial charge < -0.3 is 5.73 Å². The summed E-state index contributed by atoms with van der Waals surface area (Å²) < 4.78 is 0. The van der Waals surface area contributed by atoms with Crippen LogP contribution in [0.1, 0.15) is 28.8 Å². The summed E-state index contributed by atoms with van der Waals surface area (Å²) >= 11 is 0. The number of nitrogens with zero attached hydrogens (tertiary/aromatic N) is 2. The zero-order valence-corrected chi connectivity index (χ0v) is 10.3. The fraction of sp³-hybridized carbons (Fsp3) is 0.429. The zero-order chi connectivity index (χ0) is 13.0. The molecule has 1 fully saturated rings. The van der Waals surface area contributed by atoms with Gasteiger partial charge in [-0.05, 0) is 25.0 Å². The molecular formula is C14H17N3O. The van der Waals surface area contributed by atoms with E-state index < -0.39 is 0 Å². The van der Waals surface area contributed by atoms with E-state index in [4.69, 9.17) is 11.0 Å². The van der Waals surface area contributed by atoms with Gasteiger partial charge in [0.1, 0.15) is 0 Å². The number of nitrogens with two attached hydrogens (primary N) is 1. The Kier molecular flexibility index (Phi) is 4.08. The van der Waals surface area contributed by atoms with Gasteiger partial charge in [-0.15, -0.1) is 0 Å². The van der Waals surface area contributed by atoms with Crippen molar-refractivity contribution in [2.45, 2.75) is 18.9 Å². The Morgan fingerprint density at radius 1 is 1.33 bits per heavy atom. The number of Topliss-reactive ketones (excluding diaryl/α,β-unsaturated/α-hetero) is 1. The lowest BCUT2D eigenvalue weighted by Gasteiger charge is -2.29. The highest BCUT2D eigenvalue weighted by Gasteiger charge is 2.18. The van der Waals surface area contributed by atoms with Crippen LogP contribution in [0.15, 0.2) is 24.3 Å². The van der Waals surface area contributed by atoms with Crippen molar-refractivity contribution in [1.82, 2.24) is 4.90 Å². The molecule has 1 aliphatic rings. The van der Waals surface area contributed by atoms with E-state index in [9.17, 15) is 4.79 Å². The number of nitriles is 1. The van der Waals surface area contributed by atoms with Crippen molar-refractivity contribution in [3.05, 3.63) is 35.4 Å². The second-order valence-electron chi connectivity index (χ2n) is 4.73. The molecule has 18 heavy (non-hydrogen) atoms. The van der Waals surface area contributed by atoms with Gasteiger partial charge in [-0.25, -0.2) is 0 Å². The molecule has 1 aliphatic heterocycles. The number of hydrogen-bond donors (Lipinski definition) is 1. The average Bonchev–Trinajstić information content (AvgIpc) is 2.41. The van der Waals surface area contributed by atoms with Crippen molar-refractivity contribution in [2.75, 3.05) is 19.6 Å². The maximum Gasteiger partial charge on any atom is 0.176 e. The van der Waals surface area contributed by atoms with Crippen molar-refractivity contribution < 1.29 is 4.79 Å². The first-order valence-corrected chi connectivity index (χ1v) is 6.20. The normalized spacial score (nSPS) is 17.3. The van der Waals surface area contributed by atoms with Gasteiger partial charge in [-0.1, -0.05) is 12.1 Å². The summed E-state index contributed by atoms with van der Waals surface area (Å²) in [6.07, 6.45) is 1.92. The minimum absolute atomic E-state index is 0.106. The van der Waals surface area contributed by atoms with Crippen LogP contribution < -0.4 is 5.73 Å². The topological polar surface area (TPSA) is 70.1 Å². The van der Waals surface area contributed by atoms with Crippen LogP contribution in [0.5, 0.6) is 0 Å². The standard InChI is InChI=1S/C14H17N3O/c15-9-11-1-3-12(4-2-11)14(18)10-17-7-5-13(16)6-8-17/h1-4,13H,5-8,10,16H2. The molecule has 0 radical (unpaired) electrons. The summed E-state index contributed by atoms with van der Waals surface area (Å²) in [5.74, 6) is 0.106. The van der Waals surface area contributed by atoms with E-state index in [1.165, 1.54) is 0 Å². The van der Waals surface area contributed by atoms with Crippen LogP contribution in [0.3, 0.4) is 0 Å². The fourth-order valence-corrected chi connectivity index (χ4v) is 2.14. The van der Waals surface area contributed by atoms with E-state index in [0.29, 0.717) is 17.7 Å². The molecule has 0 amide bonds. The van der Waals surface area contributed by atoms with Crippen LogP contribution in [0.4, 0.5) is 0 Å². The van der Waals surface area contributed by atoms with Gasteiger partial charge >= 0.3 is 0 Å². The second-order valence-corrected chi connectivity index (χ2v) is 4.73. The molecule has 0 unspecified atom stereocenters. The maximum absolute atomic E-state index is 12.0. The van der Waals surface area contributed by atoms with Crippen LogP contribution in [-0.4, -0.2) is 36.4 Å². The molecule has 4 nitrogen and oxygen atoms in total. The van der Waals surface area contributed by atoms with E-state index in [0.717, 1.165) is 25.9 Å². The zero-order valence-electron chi connectivity index (χ0n) is 10.3. The molecule has 0 spiro atoms. The van der Waals surface area contributed by atoms with Crippen molar-refractivity contribution in [3.8, 4) is 6.07 Å². The minimum Gasteiger partial charge on any atom is -0.328 e. The molecule has 0 saturated carbocycles. The number of piperidine rings is 1. The van der Waals surface area contributed by atoms with Crippen LogP contribution in [-0.2, 0) is 0 Å². The molecule has 94 valence electrons. The molecule has 2 N–H and O–H groups in total. The highest BCUT2D eigenvalue weighted by molar-refractivity contribution is 5.97. The van der Waals surface area contributed by atoms with Gasteiger partial charge in [0, 0.05) is 24.7 Å². The first-order chi connectivity index (χ1) is 8.69. The second kappa shape index (κ2) is 5.76. The third-order valence-corrected chi connectivity index (χ3v) is 3.34. The van der Waals surface area contributed by atoms with E-state index in [2.05, 4.69) is 4.90 Å². The Bertz CT molecular complexity index is 453. The van der Waals surface area contributed by atoms with E-state index >= 15 is 0 Å². The Morgan fingerprint density at radius 3 is 2.50 bits per heavy atom. The molecule has 0 aliphatic carbocycles. The van der Waals surface area contributed by atoms with Crippen LogP contribution in [0, 0.1) is 11.3 Å². The van der Waals surface area contributed by atoms with Gasteiger partial charge in [0.2, 0.25) is 0 Å². The number of likely N-dealkylation sites (tertiary alicyclic amines) is 1. The summed E-state index contributed by atoms with van der Waals surface area (Å²) in [7, 11) is 0. The molecule has 2 rings (SSSR count). The molecule has 0 aromatic heterocycles. The average molecular weight is 243 g/mol. The quantitative estimate of drug-likeness (QED) is 0.809. The summed E-state index contributed by atoms with van der Waals surface area (Å²) in [6, 6.07) is 9.12. The van der Waals surface area contributed by atoms with Gasteiger partial charge in [-0.2, -0.15) is 5.26 Å². The molecule has 1 heterocycles. The first-order valence-electron chi connectivity index (χ1n) is 6.20. The molecule has 1 aromatic rings. The number of benzene rings is 1. The van der Waals surface area contributed by atoms with Gasteiger partial charge in [0.15, 0.2) is 5.78 Å². The SMILES string of the molecule is N#Cc1ccc(C(=O)CN2CCC(N)CC2)cc1. The predicted molar refractivity (Wildman–Crippen MR) is 69.1 cm³/mol. The monoisotopic (exact) mass is 243 g/mol. The largest absolute Gasteiger partial charge is 0.328 e. The van der Waals surface area contributed by atoms with Crippen molar-refractivity contribution in [2.24, 2.45) is 5.73 Å². The number of carbonyl (C=O) groups is 1. The molecule has 4 heteroatoms. The fourth-order valence-electron chi connectivity index (χ4n) is 2.14. The summed E-state index contributed by atoms with van der Waals surface area (Å²) in [4.78, 5) is 14.2. The Labute approximate surface area is 107 Å². The molecule has 0 atom stereocenters. The van der Waals surface area contributed by atoms with Gasteiger partial charge in [0.25, 0.3) is 0 Å². The Morgan fingerprint density at radius 2 is 1.94 bits per heavy atom. The number of ketones is 1. The molecule has 1 aromatic carbocycles. The highest BCUT2D eigenvalue weighted by atomic mass is 16.1. The first kappa shape index (κ1) is 12.7. The van der Waals surface area contributed by atoms with Gasteiger partial charge in [0.05, 0.1) is 18.2 Å². The minimum atomic E-state index is 0.106. The molecule has 1 saturated heterocycles. The third kappa shape index (κ3) is 3.16. The van der Waals surface area contributed by atoms with Crippen LogP contribution in [0.25, 0.3) is 0 Å². The van der Waals surface area contributed by atoms with E-state index in [1.807, 2.05) is 6.07 Å². The number of carbonyl (C=O) groups excluding carboxylic acids is 1. The third-order valence-electron chi connectivity index (χ3n) is 3.34. The van der Waals surface area contributed by atoms with Crippen LogP contribution >= 0.6 is 0 Å².